The van der Waals surface area contributed by atoms with Gasteiger partial charge < -0.3 is 10.1 Å². The average molecular weight is 271 g/mol. The zero-order valence-electron chi connectivity index (χ0n) is 11.4. The molecule has 1 aromatic carbocycles. The Kier molecular flexibility index (Phi) is 5.73. The van der Waals surface area contributed by atoms with Gasteiger partial charge in [0.1, 0.15) is 5.75 Å². The van der Waals surface area contributed by atoms with Crippen molar-refractivity contribution in [3.8, 4) is 5.75 Å². The molecule has 1 rings (SSSR count). The minimum atomic E-state index is -2.88. The lowest BCUT2D eigenvalue weighted by molar-refractivity contribution is -0.0493. The lowest BCUT2D eigenvalue weighted by atomic mass is 10.0. The van der Waals surface area contributed by atoms with Crippen molar-refractivity contribution >= 4 is 11.5 Å². The second kappa shape index (κ2) is 7.07. The summed E-state index contributed by atoms with van der Waals surface area (Å²) in [7, 11) is 0. The molecule has 1 aromatic rings. The lowest BCUT2D eigenvalue weighted by Crippen LogP contribution is -2.09. The molecule has 0 aliphatic carbocycles. The Morgan fingerprint density at radius 1 is 1.37 bits per heavy atom. The molecule has 0 aliphatic rings. The summed E-state index contributed by atoms with van der Waals surface area (Å²) in [5.74, 6) is 0.308. The Hall–Kier alpha value is -1.65. The Bertz CT molecular complexity index is 433. The van der Waals surface area contributed by atoms with Gasteiger partial charge in [0.2, 0.25) is 0 Å². The second-order valence-corrected chi connectivity index (χ2v) is 4.64. The molecule has 0 saturated carbocycles. The van der Waals surface area contributed by atoms with Gasteiger partial charge in [0, 0.05) is 18.5 Å². The van der Waals surface area contributed by atoms with E-state index in [1.165, 1.54) is 12.1 Å². The highest BCUT2D eigenvalue weighted by molar-refractivity contribution is 5.97. The fourth-order valence-corrected chi connectivity index (χ4v) is 1.72. The highest BCUT2D eigenvalue weighted by Crippen LogP contribution is 2.28. The van der Waals surface area contributed by atoms with Crippen molar-refractivity contribution < 1.29 is 18.3 Å². The number of carbonyl (C=O) groups is 1. The van der Waals surface area contributed by atoms with Crippen molar-refractivity contribution in [1.82, 2.24) is 0 Å². The summed E-state index contributed by atoms with van der Waals surface area (Å²) in [6, 6.07) is 4.48. The molecule has 106 valence electrons. The van der Waals surface area contributed by atoms with Crippen LogP contribution in [0.2, 0.25) is 0 Å². The van der Waals surface area contributed by atoms with E-state index in [0.29, 0.717) is 24.2 Å². The van der Waals surface area contributed by atoms with Crippen LogP contribution in [0.5, 0.6) is 5.75 Å². The van der Waals surface area contributed by atoms with Gasteiger partial charge in [-0.05, 0) is 31.0 Å². The number of nitrogens with one attached hydrogen (secondary N) is 1. The summed E-state index contributed by atoms with van der Waals surface area (Å²) in [6.45, 7) is 3.43. The van der Waals surface area contributed by atoms with Crippen molar-refractivity contribution in [2.24, 2.45) is 5.92 Å². The molecule has 0 fully saturated rings. The molecule has 0 aliphatic heterocycles. The third kappa shape index (κ3) is 4.85. The van der Waals surface area contributed by atoms with E-state index in [0.717, 1.165) is 0 Å². The van der Waals surface area contributed by atoms with Crippen LogP contribution in [0.4, 0.5) is 14.5 Å². The Labute approximate surface area is 112 Å². The van der Waals surface area contributed by atoms with Gasteiger partial charge >= 0.3 is 6.61 Å². The number of anilines is 1. The van der Waals surface area contributed by atoms with Crippen LogP contribution in [0.3, 0.4) is 0 Å². The SMILES string of the molecule is CCNc1cc(C(=O)CC(C)C)ccc1OC(F)F. The van der Waals surface area contributed by atoms with E-state index in [2.05, 4.69) is 10.1 Å². The van der Waals surface area contributed by atoms with Crippen LogP contribution in [-0.2, 0) is 0 Å². The first kappa shape index (κ1) is 15.4. The third-order valence-corrected chi connectivity index (χ3v) is 2.48. The normalized spacial score (nSPS) is 10.9. The number of alkyl halides is 2. The molecule has 0 spiro atoms. The molecule has 0 amide bonds. The first-order valence-electron chi connectivity index (χ1n) is 6.30. The van der Waals surface area contributed by atoms with Crippen LogP contribution < -0.4 is 10.1 Å². The monoisotopic (exact) mass is 271 g/mol. The number of ketones is 1. The quantitative estimate of drug-likeness (QED) is 0.763. The van der Waals surface area contributed by atoms with E-state index in [9.17, 15) is 13.6 Å². The van der Waals surface area contributed by atoms with Gasteiger partial charge in [-0.1, -0.05) is 13.8 Å². The fourth-order valence-electron chi connectivity index (χ4n) is 1.72. The van der Waals surface area contributed by atoms with Crippen molar-refractivity contribution in [3.63, 3.8) is 0 Å². The van der Waals surface area contributed by atoms with Gasteiger partial charge in [-0.2, -0.15) is 8.78 Å². The average Bonchev–Trinajstić information content (AvgIpc) is 2.30. The number of rotatable bonds is 7. The molecule has 0 aromatic heterocycles. The minimum Gasteiger partial charge on any atom is -0.433 e. The van der Waals surface area contributed by atoms with E-state index >= 15 is 0 Å². The van der Waals surface area contributed by atoms with E-state index in [1.807, 2.05) is 20.8 Å². The van der Waals surface area contributed by atoms with Crippen molar-refractivity contribution in [1.29, 1.82) is 0 Å². The smallest absolute Gasteiger partial charge is 0.387 e. The largest absolute Gasteiger partial charge is 0.433 e. The molecule has 0 radical (unpaired) electrons. The molecule has 3 nitrogen and oxygen atoms in total. The predicted octanol–water partition coefficient (Wildman–Crippen LogP) is 3.95. The van der Waals surface area contributed by atoms with E-state index in [1.54, 1.807) is 6.07 Å². The van der Waals surface area contributed by atoms with Crippen LogP contribution >= 0.6 is 0 Å². The van der Waals surface area contributed by atoms with E-state index in [-0.39, 0.29) is 17.5 Å². The highest BCUT2D eigenvalue weighted by Gasteiger charge is 2.14. The van der Waals surface area contributed by atoms with Gasteiger partial charge in [-0.25, -0.2) is 0 Å². The first-order chi connectivity index (χ1) is 8.93. The summed E-state index contributed by atoms with van der Waals surface area (Å²) in [5.41, 5.74) is 0.920. The van der Waals surface area contributed by atoms with Gasteiger partial charge in [0.15, 0.2) is 5.78 Å². The highest BCUT2D eigenvalue weighted by atomic mass is 19.3. The number of ether oxygens (including phenoxy) is 1. The zero-order valence-corrected chi connectivity index (χ0v) is 11.4. The van der Waals surface area contributed by atoms with Gasteiger partial charge in [0.05, 0.1) is 5.69 Å². The van der Waals surface area contributed by atoms with E-state index in [4.69, 9.17) is 0 Å². The summed E-state index contributed by atoms with van der Waals surface area (Å²) in [6.07, 6.45) is 0.431. The number of benzene rings is 1. The van der Waals surface area contributed by atoms with Crippen molar-refractivity contribution in [2.75, 3.05) is 11.9 Å². The van der Waals surface area contributed by atoms with Crippen LogP contribution in [0.1, 0.15) is 37.6 Å². The first-order valence-corrected chi connectivity index (χ1v) is 6.30. The van der Waals surface area contributed by atoms with Crippen LogP contribution in [-0.4, -0.2) is 18.9 Å². The van der Waals surface area contributed by atoms with Gasteiger partial charge in [0.25, 0.3) is 0 Å². The van der Waals surface area contributed by atoms with Crippen LogP contribution in [0.15, 0.2) is 18.2 Å². The molecule has 0 atom stereocenters. The Morgan fingerprint density at radius 2 is 2.05 bits per heavy atom. The topological polar surface area (TPSA) is 38.3 Å². The Balaban J connectivity index is 2.97. The number of Topliss-reactive ketones (excluding diaryl/α,β-unsaturated/α-hetero) is 1. The fraction of sp³-hybridized carbons (Fsp3) is 0.500. The van der Waals surface area contributed by atoms with Crippen LogP contribution in [0.25, 0.3) is 0 Å². The zero-order chi connectivity index (χ0) is 14.4. The maximum atomic E-state index is 12.3. The van der Waals surface area contributed by atoms with Crippen LogP contribution in [0, 0.1) is 5.92 Å². The molecular weight excluding hydrogens is 252 g/mol. The predicted molar refractivity (Wildman–Crippen MR) is 71.0 cm³/mol. The molecule has 0 bridgehead atoms. The number of hydrogen-bond acceptors (Lipinski definition) is 3. The number of halogens is 2. The lowest BCUT2D eigenvalue weighted by Gasteiger charge is -2.13. The van der Waals surface area contributed by atoms with Gasteiger partial charge in [-0.15, -0.1) is 0 Å². The molecule has 0 saturated heterocycles. The molecule has 0 unspecified atom stereocenters. The third-order valence-electron chi connectivity index (χ3n) is 2.48. The summed E-state index contributed by atoms with van der Waals surface area (Å²) in [4.78, 5) is 11.9. The molecular formula is C14H19F2NO2. The number of carbonyl (C=O) groups excluding carboxylic acids is 1. The Morgan fingerprint density at radius 3 is 2.58 bits per heavy atom. The van der Waals surface area contributed by atoms with Crippen molar-refractivity contribution in [3.05, 3.63) is 23.8 Å². The molecule has 19 heavy (non-hydrogen) atoms. The summed E-state index contributed by atoms with van der Waals surface area (Å²) >= 11 is 0. The van der Waals surface area contributed by atoms with E-state index < -0.39 is 6.61 Å². The number of hydrogen-bond donors (Lipinski definition) is 1. The molecule has 1 N–H and O–H groups in total. The summed E-state index contributed by atoms with van der Waals surface area (Å²) < 4.78 is 28.9. The molecule has 5 heteroatoms. The maximum absolute atomic E-state index is 12.3. The second-order valence-electron chi connectivity index (χ2n) is 4.64. The van der Waals surface area contributed by atoms with Gasteiger partial charge in [-0.3, -0.25) is 4.79 Å². The molecule has 0 heterocycles. The minimum absolute atomic E-state index is 0.00208. The summed E-state index contributed by atoms with van der Waals surface area (Å²) in [5, 5.41) is 2.92. The van der Waals surface area contributed by atoms with Crippen molar-refractivity contribution in [2.45, 2.75) is 33.8 Å². The standard InChI is InChI=1S/C14H19F2NO2/c1-4-17-11-8-10(12(18)7-9(2)3)5-6-13(11)19-14(15)16/h5-6,8-9,14,17H,4,7H2,1-3H3. The maximum Gasteiger partial charge on any atom is 0.387 e.